The molecule has 0 spiro atoms. The summed E-state index contributed by atoms with van der Waals surface area (Å²) in [6.07, 6.45) is 3.45. The van der Waals surface area contributed by atoms with Gasteiger partial charge in [-0.05, 0) is 26.0 Å². The number of aromatic nitrogens is 3. The summed E-state index contributed by atoms with van der Waals surface area (Å²) < 4.78 is 5.33. The van der Waals surface area contributed by atoms with Gasteiger partial charge in [0.25, 0.3) is 0 Å². The van der Waals surface area contributed by atoms with Crippen LogP contribution in [0.5, 0.6) is 0 Å². The molecule has 0 radical (unpaired) electrons. The Hall–Kier alpha value is -1.73. The fourth-order valence-electron chi connectivity index (χ4n) is 1.52. The smallest absolute Gasteiger partial charge is 0.206 e. The van der Waals surface area contributed by atoms with E-state index >= 15 is 0 Å². The van der Waals surface area contributed by atoms with E-state index in [2.05, 4.69) is 34.3 Å². The lowest BCUT2D eigenvalue weighted by molar-refractivity contribution is 0.582. The molecule has 0 bridgehead atoms. The molecule has 3 heterocycles. The molecule has 0 unspecified atom stereocenters. The topological polar surface area (TPSA) is 63.8 Å². The summed E-state index contributed by atoms with van der Waals surface area (Å²) in [7, 11) is 0. The van der Waals surface area contributed by atoms with Gasteiger partial charge in [-0.2, -0.15) is 0 Å². The molecule has 3 aromatic rings. The third-order valence-electron chi connectivity index (χ3n) is 2.29. The Labute approximate surface area is 118 Å². The van der Waals surface area contributed by atoms with Gasteiger partial charge in [-0.15, -0.1) is 21.5 Å². The Morgan fingerprint density at radius 2 is 2.11 bits per heavy atom. The number of furan rings is 1. The second-order valence-electron chi connectivity index (χ2n) is 4.22. The van der Waals surface area contributed by atoms with Gasteiger partial charge < -0.3 is 9.73 Å². The number of hydrogen-bond acceptors (Lipinski definition) is 7. The van der Waals surface area contributed by atoms with Crippen molar-refractivity contribution < 1.29 is 4.42 Å². The molecule has 3 aromatic heterocycles. The first-order valence-electron chi connectivity index (χ1n) is 5.82. The number of nitrogens with zero attached hydrogens (tertiary/aromatic N) is 3. The van der Waals surface area contributed by atoms with Gasteiger partial charge in [0.2, 0.25) is 5.13 Å². The van der Waals surface area contributed by atoms with E-state index in [0.717, 1.165) is 25.8 Å². The maximum absolute atomic E-state index is 5.33. The van der Waals surface area contributed by atoms with Gasteiger partial charge in [0.05, 0.1) is 11.1 Å². The Balaban J connectivity index is 1.84. The van der Waals surface area contributed by atoms with Crippen LogP contribution in [0.1, 0.15) is 13.8 Å². The molecule has 0 saturated carbocycles. The first kappa shape index (κ1) is 12.3. The lowest BCUT2D eigenvalue weighted by Gasteiger charge is -2.02. The summed E-state index contributed by atoms with van der Waals surface area (Å²) >= 11 is 3.08. The third-order valence-corrected chi connectivity index (χ3v) is 4.32. The van der Waals surface area contributed by atoms with Crippen LogP contribution in [0.4, 0.5) is 5.13 Å². The fraction of sp³-hybridized carbons (Fsp3) is 0.250. The van der Waals surface area contributed by atoms with E-state index in [1.165, 1.54) is 11.3 Å². The lowest BCUT2D eigenvalue weighted by Crippen LogP contribution is -2.08. The van der Waals surface area contributed by atoms with E-state index in [0.29, 0.717) is 6.04 Å². The zero-order chi connectivity index (χ0) is 13.2. The molecule has 98 valence electrons. The van der Waals surface area contributed by atoms with Crippen molar-refractivity contribution in [2.45, 2.75) is 19.9 Å². The molecule has 7 heteroatoms. The summed E-state index contributed by atoms with van der Waals surface area (Å²) in [6, 6.07) is 4.10. The minimum absolute atomic E-state index is 0.348. The van der Waals surface area contributed by atoms with E-state index in [4.69, 9.17) is 4.42 Å². The van der Waals surface area contributed by atoms with Gasteiger partial charge in [-0.1, -0.05) is 11.3 Å². The number of nitrogens with one attached hydrogen (secondary N) is 1. The minimum Gasteiger partial charge on any atom is -0.462 e. The van der Waals surface area contributed by atoms with Gasteiger partial charge >= 0.3 is 0 Å². The summed E-state index contributed by atoms with van der Waals surface area (Å²) in [5, 5.41) is 14.1. The van der Waals surface area contributed by atoms with E-state index < -0.39 is 0 Å². The van der Waals surface area contributed by atoms with Crippen molar-refractivity contribution in [3.8, 4) is 20.7 Å². The number of thiazole rings is 1. The highest BCUT2D eigenvalue weighted by molar-refractivity contribution is 7.24. The second-order valence-corrected chi connectivity index (χ2v) is 6.23. The van der Waals surface area contributed by atoms with Crippen LogP contribution in [0.2, 0.25) is 0 Å². The van der Waals surface area contributed by atoms with Crippen molar-refractivity contribution in [3.63, 3.8) is 0 Å². The molecule has 0 saturated heterocycles. The van der Waals surface area contributed by atoms with Crippen LogP contribution in [-0.4, -0.2) is 21.2 Å². The van der Waals surface area contributed by atoms with Crippen LogP contribution in [0.3, 0.4) is 0 Å². The monoisotopic (exact) mass is 292 g/mol. The van der Waals surface area contributed by atoms with Gasteiger partial charge in [0, 0.05) is 12.2 Å². The van der Waals surface area contributed by atoms with Crippen LogP contribution in [-0.2, 0) is 0 Å². The molecule has 1 N–H and O–H groups in total. The Bertz CT molecular complexity index is 657. The Morgan fingerprint density at radius 1 is 1.21 bits per heavy atom. The molecule has 0 amide bonds. The van der Waals surface area contributed by atoms with E-state index in [9.17, 15) is 0 Å². The standard InChI is InChI=1S/C12H12N4OS2/c1-7(2)14-12-16-15-11(19-12)9-6-13-10(18-9)8-4-3-5-17-8/h3-7H,1-2H3,(H,14,16). The third kappa shape index (κ3) is 2.66. The van der Waals surface area contributed by atoms with Crippen molar-refractivity contribution >= 4 is 27.8 Å². The van der Waals surface area contributed by atoms with E-state index in [-0.39, 0.29) is 0 Å². The van der Waals surface area contributed by atoms with E-state index in [1.54, 1.807) is 17.6 Å². The van der Waals surface area contributed by atoms with Crippen LogP contribution in [0, 0.1) is 0 Å². The molecule has 3 rings (SSSR count). The molecule has 0 aromatic carbocycles. The van der Waals surface area contributed by atoms with Crippen LogP contribution in [0.15, 0.2) is 29.0 Å². The molecular formula is C12H12N4OS2. The van der Waals surface area contributed by atoms with Crippen molar-refractivity contribution in [1.29, 1.82) is 0 Å². The molecule has 0 atom stereocenters. The summed E-state index contributed by atoms with van der Waals surface area (Å²) in [5.74, 6) is 0.779. The summed E-state index contributed by atoms with van der Waals surface area (Å²) in [6.45, 7) is 4.14. The molecule has 0 aliphatic carbocycles. The summed E-state index contributed by atoms with van der Waals surface area (Å²) in [5.41, 5.74) is 0. The zero-order valence-electron chi connectivity index (χ0n) is 10.5. The van der Waals surface area contributed by atoms with Crippen molar-refractivity contribution in [2.75, 3.05) is 5.32 Å². The normalized spacial score (nSPS) is 11.1. The highest BCUT2D eigenvalue weighted by Gasteiger charge is 2.13. The highest BCUT2D eigenvalue weighted by Crippen LogP contribution is 2.34. The quantitative estimate of drug-likeness (QED) is 0.793. The predicted molar refractivity (Wildman–Crippen MR) is 77.5 cm³/mol. The maximum atomic E-state index is 5.33. The maximum Gasteiger partial charge on any atom is 0.206 e. The molecule has 19 heavy (non-hydrogen) atoms. The minimum atomic E-state index is 0.348. The first-order chi connectivity index (χ1) is 9.22. The molecule has 0 aliphatic heterocycles. The number of anilines is 1. The highest BCUT2D eigenvalue weighted by atomic mass is 32.1. The molecular weight excluding hydrogens is 280 g/mol. The van der Waals surface area contributed by atoms with Crippen LogP contribution >= 0.6 is 22.7 Å². The largest absolute Gasteiger partial charge is 0.462 e. The van der Waals surface area contributed by atoms with Gasteiger partial charge in [0.1, 0.15) is 0 Å². The zero-order valence-corrected chi connectivity index (χ0v) is 12.1. The Kier molecular flexibility index (Phi) is 3.31. The lowest BCUT2D eigenvalue weighted by atomic mass is 10.4. The number of hydrogen-bond donors (Lipinski definition) is 1. The van der Waals surface area contributed by atoms with Crippen molar-refractivity contribution in [1.82, 2.24) is 15.2 Å². The molecule has 0 fully saturated rings. The SMILES string of the molecule is CC(C)Nc1nnc(-c2cnc(-c3ccco3)s2)s1. The average Bonchev–Trinajstić information content (AvgIpc) is 3.09. The van der Waals surface area contributed by atoms with Gasteiger partial charge in [-0.25, -0.2) is 4.98 Å². The Morgan fingerprint density at radius 3 is 2.84 bits per heavy atom. The van der Waals surface area contributed by atoms with Crippen LogP contribution in [0.25, 0.3) is 20.7 Å². The van der Waals surface area contributed by atoms with Gasteiger partial charge in [-0.3, -0.25) is 0 Å². The van der Waals surface area contributed by atoms with E-state index in [1.807, 2.05) is 18.3 Å². The number of rotatable bonds is 4. The predicted octanol–water partition coefficient (Wildman–Crippen LogP) is 3.74. The van der Waals surface area contributed by atoms with Crippen molar-refractivity contribution in [3.05, 3.63) is 24.6 Å². The second kappa shape index (κ2) is 5.10. The fourth-order valence-corrected chi connectivity index (χ4v) is 3.32. The summed E-state index contributed by atoms with van der Waals surface area (Å²) in [4.78, 5) is 5.35. The van der Waals surface area contributed by atoms with Crippen LogP contribution < -0.4 is 5.32 Å². The average molecular weight is 292 g/mol. The first-order valence-corrected chi connectivity index (χ1v) is 7.46. The van der Waals surface area contributed by atoms with Gasteiger partial charge in [0.15, 0.2) is 15.8 Å². The van der Waals surface area contributed by atoms with Crippen molar-refractivity contribution in [2.24, 2.45) is 0 Å². The molecule has 0 aliphatic rings. The molecule has 5 nitrogen and oxygen atoms in total.